The maximum absolute atomic E-state index is 12.9. The third kappa shape index (κ3) is 5.20. The molecule has 3 rings (SSSR count). The number of aromatic nitrogens is 2. The van der Waals surface area contributed by atoms with Crippen LogP contribution in [0.1, 0.15) is 24.6 Å². The number of hydrogen-bond acceptors (Lipinski definition) is 6. The van der Waals surface area contributed by atoms with E-state index in [1.807, 2.05) is 48.5 Å². The molecule has 29 heavy (non-hydrogen) atoms. The van der Waals surface area contributed by atoms with E-state index in [-0.39, 0.29) is 17.9 Å². The minimum Gasteiger partial charge on any atom is -0.497 e. The molecule has 7 heteroatoms. The molecule has 0 spiro atoms. The number of carbonyl (C=O) groups excluding carboxylic acids is 1. The smallest absolute Gasteiger partial charge is 0.307 e. The van der Waals surface area contributed by atoms with Gasteiger partial charge in [-0.25, -0.2) is 4.68 Å². The van der Waals surface area contributed by atoms with E-state index in [0.717, 1.165) is 22.4 Å². The van der Waals surface area contributed by atoms with Gasteiger partial charge in [0.25, 0.3) is 5.56 Å². The summed E-state index contributed by atoms with van der Waals surface area (Å²) in [7, 11) is 1.62. The molecule has 0 amide bonds. The second kappa shape index (κ2) is 9.84. The van der Waals surface area contributed by atoms with Crippen LogP contribution in [0.3, 0.4) is 0 Å². The number of nitrogens with zero attached hydrogens (tertiary/aromatic N) is 2. The van der Waals surface area contributed by atoms with Crippen molar-refractivity contribution in [2.24, 2.45) is 0 Å². The van der Waals surface area contributed by atoms with Gasteiger partial charge < -0.3 is 14.8 Å². The topological polar surface area (TPSA) is 82.4 Å². The number of hydrogen-bond donors (Lipinski definition) is 1. The lowest BCUT2D eigenvalue weighted by molar-refractivity contribution is -0.142. The van der Waals surface area contributed by atoms with Crippen molar-refractivity contribution in [2.45, 2.75) is 26.4 Å². The van der Waals surface area contributed by atoms with Crippen molar-refractivity contribution in [3.63, 3.8) is 0 Å². The molecule has 1 N–H and O–H groups in total. The number of rotatable bonds is 9. The van der Waals surface area contributed by atoms with Gasteiger partial charge in [-0.05, 0) is 30.7 Å². The Morgan fingerprint density at radius 2 is 1.83 bits per heavy atom. The van der Waals surface area contributed by atoms with Crippen LogP contribution >= 0.6 is 0 Å². The monoisotopic (exact) mass is 395 g/mol. The Hall–Kier alpha value is -3.19. The van der Waals surface area contributed by atoms with Gasteiger partial charge in [0, 0.05) is 18.5 Å². The SMILES string of the molecule is CCOC(=O)CCNCc1nn(Cc2ccc(OC)cc2)c(=O)c2ccccc12. The number of benzene rings is 2. The van der Waals surface area contributed by atoms with Crippen molar-refractivity contribution in [3.05, 3.63) is 70.1 Å². The molecule has 0 aliphatic rings. The van der Waals surface area contributed by atoms with Crippen LogP contribution in [-0.4, -0.2) is 36.0 Å². The van der Waals surface area contributed by atoms with Gasteiger partial charge >= 0.3 is 5.97 Å². The highest BCUT2D eigenvalue weighted by atomic mass is 16.5. The lowest BCUT2D eigenvalue weighted by atomic mass is 10.1. The van der Waals surface area contributed by atoms with Crippen LogP contribution in [0.5, 0.6) is 5.75 Å². The van der Waals surface area contributed by atoms with Crippen molar-refractivity contribution in [1.82, 2.24) is 15.1 Å². The number of fused-ring (bicyclic) bond motifs is 1. The van der Waals surface area contributed by atoms with Crippen LogP contribution in [0.25, 0.3) is 10.8 Å². The lowest BCUT2D eigenvalue weighted by Crippen LogP contribution is -2.27. The quantitative estimate of drug-likeness (QED) is 0.443. The van der Waals surface area contributed by atoms with Crippen molar-refractivity contribution >= 4 is 16.7 Å². The molecule has 0 radical (unpaired) electrons. The molecule has 0 bridgehead atoms. The zero-order valence-electron chi connectivity index (χ0n) is 16.7. The molecule has 0 atom stereocenters. The molecule has 0 aliphatic heterocycles. The lowest BCUT2D eigenvalue weighted by Gasteiger charge is -2.12. The predicted molar refractivity (Wildman–Crippen MR) is 111 cm³/mol. The average molecular weight is 395 g/mol. The van der Waals surface area contributed by atoms with Crippen LogP contribution < -0.4 is 15.6 Å². The van der Waals surface area contributed by atoms with E-state index in [9.17, 15) is 9.59 Å². The summed E-state index contributed by atoms with van der Waals surface area (Å²) >= 11 is 0. The fourth-order valence-electron chi connectivity index (χ4n) is 3.08. The van der Waals surface area contributed by atoms with Crippen LogP contribution in [0.15, 0.2) is 53.3 Å². The van der Waals surface area contributed by atoms with Gasteiger partial charge in [-0.3, -0.25) is 9.59 Å². The van der Waals surface area contributed by atoms with Crippen LogP contribution in [0.2, 0.25) is 0 Å². The first-order chi connectivity index (χ1) is 14.1. The molecule has 2 aromatic carbocycles. The minimum atomic E-state index is -0.234. The molecule has 0 aliphatic carbocycles. The van der Waals surface area contributed by atoms with E-state index in [1.54, 1.807) is 14.0 Å². The van der Waals surface area contributed by atoms with E-state index >= 15 is 0 Å². The predicted octanol–water partition coefficient (Wildman–Crippen LogP) is 2.50. The summed E-state index contributed by atoms with van der Waals surface area (Å²) in [6.45, 7) is 3.45. The van der Waals surface area contributed by atoms with Gasteiger partial charge in [0.2, 0.25) is 0 Å². The summed E-state index contributed by atoms with van der Waals surface area (Å²) in [5, 5.41) is 9.23. The molecule has 152 valence electrons. The van der Waals surface area contributed by atoms with E-state index in [1.165, 1.54) is 4.68 Å². The molecular formula is C22H25N3O4. The third-order valence-corrected chi connectivity index (χ3v) is 4.54. The van der Waals surface area contributed by atoms with Gasteiger partial charge in [0.1, 0.15) is 5.75 Å². The Labute approximate surface area is 169 Å². The van der Waals surface area contributed by atoms with E-state index in [4.69, 9.17) is 9.47 Å². The molecule has 0 fully saturated rings. The molecule has 7 nitrogen and oxygen atoms in total. The zero-order chi connectivity index (χ0) is 20.6. The number of esters is 1. The van der Waals surface area contributed by atoms with E-state index in [2.05, 4.69) is 10.4 Å². The van der Waals surface area contributed by atoms with Crippen molar-refractivity contribution in [3.8, 4) is 5.75 Å². The second-order valence-corrected chi connectivity index (χ2v) is 6.53. The summed E-state index contributed by atoms with van der Waals surface area (Å²) in [6, 6.07) is 15.0. The fourth-order valence-corrected chi connectivity index (χ4v) is 3.08. The normalized spacial score (nSPS) is 10.8. The molecule has 0 unspecified atom stereocenters. The first-order valence-electron chi connectivity index (χ1n) is 9.60. The summed E-state index contributed by atoms with van der Waals surface area (Å²) < 4.78 is 11.6. The Balaban J connectivity index is 1.81. The Kier molecular flexibility index (Phi) is 6.97. The third-order valence-electron chi connectivity index (χ3n) is 4.54. The van der Waals surface area contributed by atoms with E-state index in [0.29, 0.717) is 31.6 Å². The number of carbonyl (C=O) groups is 1. The summed E-state index contributed by atoms with van der Waals surface area (Å²) in [4.78, 5) is 24.4. The van der Waals surface area contributed by atoms with Gasteiger partial charge in [0.15, 0.2) is 0 Å². The highest BCUT2D eigenvalue weighted by Gasteiger charge is 2.11. The first-order valence-corrected chi connectivity index (χ1v) is 9.60. The highest BCUT2D eigenvalue weighted by Crippen LogP contribution is 2.15. The average Bonchev–Trinajstić information content (AvgIpc) is 2.75. The minimum absolute atomic E-state index is 0.133. The van der Waals surface area contributed by atoms with Gasteiger partial charge in [-0.2, -0.15) is 5.10 Å². The Bertz CT molecular complexity index is 1030. The first kappa shape index (κ1) is 20.5. The molecule has 0 saturated carbocycles. The van der Waals surface area contributed by atoms with Crippen molar-refractivity contribution in [1.29, 1.82) is 0 Å². The molecular weight excluding hydrogens is 370 g/mol. The number of methoxy groups -OCH3 is 1. The Morgan fingerprint density at radius 3 is 2.52 bits per heavy atom. The highest BCUT2D eigenvalue weighted by molar-refractivity contribution is 5.83. The van der Waals surface area contributed by atoms with Crippen LogP contribution in [0, 0.1) is 0 Å². The maximum atomic E-state index is 12.9. The van der Waals surface area contributed by atoms with Crippen molar-refractivity contribution < 1.29 is 14.3 Å². The van der Waals surface area contributed by atoms with Gasteiger partial charge in [-0.1, -0.05) is 30.3 Å². The summed E-state index contributed by atoms with van der Waals surface area (Å²) in [6.07, 6.45) is 0.289. The summed E-state index contributed by atoms with van der Waals surface area (Å²) in [5.74, 6) is 0.529. The fraction of sp³-hybridized carbons (Fsp3) is 0.318. The zero-order valence-corrected chi connectivity index (χ0v) is 16.7. The number of nitrogens with one attached hydrogen (secondary N) is 1. The largest absolute Gasteiger partial charge is 0.497 e. The molecule has 1 heterocycles. The van der Waals surface area contributed by atoms with E-state index < -0.39 is 0 Å². The second-order valence-electron chi connectivity index (χ2n) is 6.53. The van der Waals surface area contributed by atoms with Gasteiger partial charge in [-0.15, -0.1) is 0 Å². The maximum Gasteiger partial charge on any atom is 0.307 e. The molecule has 3 aromatic rings. The van der Waals surface area contributed by atoms with Crippen LogP contribution in [0.4, 0.5) is 0 Å². The number of ether oxygens (including phenoxy) is 2. The molecule has 1 aromatic heterocycles. The Morgan fingerprint density at radius 1 is 1.10 bits per heavy atom. The standard InChI is InChI=1S/C22H25N3O4/c1-3-29-21(26)12-13-23-14-20-18-6-4-5-7-19(18)22(27)25(24-20)15-16-8-10-17(28-2)11-9-16/h4-11,23H,3,12-15H2,1-2H3. The van der Waals surface area contributed by atoms with Gasteiger partial charge in [0.05, 0.1) is 37.8 Å². The molecule has 0 saturated heterocycles. The van der Waals surface area contributed by atoms with Crippen molar-refractivity contribution in [2.75, 3.05) is 20.3 Å². The van der Waals surface area contributed by atoms with Crippen LogP contribution in [-0.2, 0) is 22.6 Å². The summed E-state index contributed by atoms with van der Waals surface area (Å²) in [5.41, 5.74) is 1.58.